The minimum Gasteiger partial charge on any atom is -0.456 e. The van der Waals surface area contributed by atoms with Gasteiger partial charge in [0.2, 0.25) is 0 Å². The lowest BCUT2D eigenvalue weighted by atomic mass is 9.97. The van der Waals surface area contributed by atoms with Crippen LogP contribution in [0, 0.1) is 0 Å². The smallest absolute Gasteiger partial charge is 0.144 e. The molecule has 0 spiro atoms. The molecule has 0 aliphatic carbocycles. The van der Waals surface area contributed by atoms with Crippen LogP contribution in [0.4, 0.5) is 0 Å². The van der Waals surface area contributed by atoms with Crippen molar-refractivity contribution in [1.29, 1.82) is 0 Å². The number of rotatable bonds is 2. The van der Waals surface area contributed by atoms with E-state index < -0.39 is 0 Å². The van der Waals surface area contributed by atoms with Crippen molar-refractivity contribution in [1.82, 2.24) is 0 Å². The first-order valence-electron chi connectivity index (χ1n) is 15.4. The van der Waals surface area contributed by atoms with Gasteiger partial charge in [0.15, 0.2) is 0 Å². The average molecular weight is 591 g/mol. The van der Waals surface area contributed by atoms with Crippen molar-refractivity contribution < 1.29 is 17.7 Å². The molecule has 4 aromatic heterocycles. The molecule has 0 saturated heterocycles. The van der Waals surface area contributed by atoms with Gasteiger partial charge in [-0.3, -0.25) is 0 Å². The molecule has 0 N–H and O–H groups in total. The van der Waals surface area contributed by atoms with Gasteiger partial charge in [-0.2, -0.15) is 0 Å². The molecule has 11 rings (SSSR count). The fourth-order valence-corrected chi connectivity index (χ4v) is 7.47. The summed E-state index contributed by atoms with van der Waals surface area (Å²) in [5.41, 5.74) is 10.8. The predicted octanol–water partition coefficient (Wildman–Crippen LogP) is 12.6. The Balaban J connectivity index is 1.30. The van der Waals surface area contributed by atoms with Crippen LogP contribution in [0.25, 0.3) is 110 Å². The lowest BCUT2D eigenvalue weighted by molar-refractivity contribution is 0.661. The van der Waals surface area contributed by atoms with Crippen LogP contribution in [0.3, 0.4) is 0 Å². The first-order chi connectivity index (χ1) is 22.8. The van der Waals surface area contributed by atoms with E-state index in [0.29, 0.717) is 0 Å². The summed E-state index contributed by atoms with van der Waals surface area (Å²) in [6.07, 6.45) is 0. The molecule has 0 saturated carbocycles. The summed E-state index contributed by atoms with van der Waals surface area (Å²) >= 11 is 0. The first kappa shape index (κ1) is 24.1. The van der Waals surface area contributed by atoms with E-state index in [0.717, 1.165) is 110 Å². The molecular weight excluding hydrogens is 568 g/mol. The molecule has 4 heteroatoms. The van der Waals surface area contributed by atoms with Crippen LogP contribution >= 0.6 is 0 Å². The average Bonchev–Trinajstić information content (AvgIpc) is 3.86. The highest BCUT2D eigenvalue weighted by Crippen LogP contribution is 2.48. The maximum Gasteiger partial charge on any atom is 0.144 e. The topological polar surface area (TPSA) is 52.6 Å². The van der Waals surface area contributed by atoms with Gasteiger partial charge in [0.05, 0.1) is 0 Å². The summed E-state index contributed by atoms with van der Waals surface area (Å²) < 4.78 is 26.6. The quantitative estimate of drug-likeness (QED) is 0.201. The monoisotopic (exact) mass is 590 g/mol. The Morgan fingerprint density at radius 3 is 1.15 bits per heavy atom. The van der Waals surface area contributed by atoms with Crippen molar-refractivity contribution in [2.75, 3.05) is 0 Å². The SMILES string of the molecule is c1ccc(-c2cc3oc4cc5c(cc4c3c3c2oc2ccccc23)oc2cc(-c3ccccc3)c3oc4ccccc4c3c25)cc1. The van der Waals surface area contributed by atoms with Crippen molar-refractivity contribution in [3.8, 4) is 22.3 Å². The van der Waals surface area contributed by atoms with Gasteiger partial charge in [-0.05, 0) is 47.5 Å². The molecule has 4 nitrogen and oxygen atoms in total. The Morgan fingerprint density at radius 2 is 0.696 bits per heavy atom. The third-order valence-corrected chi connectivity index (χ3v) is 9.45. The van der Waals surface area contributed by atoms with Crippen LogP contribution in [-0.4, -0.2) is 0 Å². The summed E-state index contributed by atoms with van der Waals surface area (Å²) in [4.78, 5) is 0. The van der Waals surface area contributed by atoms with Crippen LogP contribution in [0.1, 0.15) is 0 Å². The van der Waals surface area contributed by atoms with Crippen molar-refractivity contribution in [3.05, 3.63) is 133 Å². The number of hydrogen-bond donors (Lipinski definition) is 0. The van der Waals surface area contributed by atoms with Crippen LogP contribution < -0.4 is 0 Å². The van der Waals surface area contributed by atoms with Crippen LogP contribution in [0.5, 0.6) is 0 Å². The van der Waals surface area contributed by atoms with Crippen LogP contribution in [0.15, 0.2) is 151 Å². The van der Waals surface area contributed by atoms with E-state index in [1.54, 1.807) is 0 Å². The maximum absolute atomic E-state index is 6.73. The number of furan rings is 4. The molecule has 0 aliphatic rings. The van der Waals surface area contributed by atoms with Gasteiger partial charge in [-0.1, -0.05) is 97.1 Å². The minimum absolute atomic E-state index is 0.801. The maximum atomic E-state index is 6.73. The number of benzene rings is 7. The van der Waals surface area contributed by atoms with E-state index in [-0.39, 0.29) is 0 Å². The van der Waals surface area contributed by atoms with E-state index in [4.69, 9.17) is 17.7 Å². The molecule has 0 amide bonds. The Hall–Kier alpha value is -6.26. The van der Waals surface area contributed by atoms with Gasteiger partial charge in [-0.15, -0.1) is 0 Å². The zero-order chi connectivity index (χ0) is 29.9. The molecule has 0 atom stereocenters. The Labute approximate surface area is 260 Å². The molecule has 214 valence electrons. The van der Waals surface area contributed by atoms with Crippen molar-refractivity contribution in [2.24, 2.45) is 0 Å². The van der Waals surface area contributed by atoms with Gasteiger partial charge in [0, 0.05) is 54.2 Å². The zero-order valence-corrected chi connectivity index (χ0v) is 24.3. The van der Waals surface area contributed by atoms with Crippen molar-refractivity contribution in [3.63, 3.8) is 0 Å². The minimum atomic E-state index is 0.801. The first-order valence-corrected chi connectivity index (χ1v) is 15.4. The molecule has 4 heterocycles. The van der Waals surface area contributed by atoms with Crippen LogP contribution in [-0.2, 0) is 0 Å². The second-order valence-corrected chi connectivity index (χ2v) is 12.0. The standard InChI is InChI=1S/C42H22O4/c1-3-11-23(12-4-1)27-19-35-37(39-25-15-7-9-17-31(25)45-41(27)39)29-21-34-30(22-33(29)43-35)38-36(44-34)20-28(24-13-5-2-6-14-24)42-40(38)26-16-8-10-18-32(26)46-42/h1-22H. The molecule has 11 aromatic rings. The van der Waals surface area contributed by atoms with E-state index in [2.05, 4.69) is 97.1 Å². The second kappa shape index (κ2) is 8.68. The predicted molar refractivity (Wildman–Crippen MR) is 186 cm³/mol. The number of hydrogen-bond acceptors (Lipinski definition) is 4. The van der Waals surface area contributed by atoms with E-state index in [1.807, 2.05) is 36.4 Å². The molecule has 7 aromatic carbocycles. The zero-order valence-electron chi connectivity index (χ0n) is 24.3. The molecule has 0 radical (unpaired) electrons. The largest absolute Gasteiger partial charge is 0.456 e. The van der Waals surface area contributed by atoms with Gasteiger partial charge >= 0.3 is 0 Å². The van der Waals surface area contributed by atoms with Gasteiger partial charge in [0.25, 0.3) is 0 Å². The molecule has 0 fully saturated rings. The molecular formula is C42H22O4. The van der Waals surface area contributed by atoms with Gasteiger partial charge in [0.1, 0.15) is 44.7 Å². The highest BCUT2D eigenvalue weighted by molar-refractivity contribution is 6.32. The fourth-order valence-electron chi connectivity index (χ4n) is 7.47. The second-order valence-electron chi connectivity index (χ2n) is 12.0. The third kappa shape index (κ3) is 3.12. The number of para-hydroxylation sites is 2. The Kier molecular flexibility index (Phi) is 4.55. The fraction of sp³-hybridized carbons (Fsp3) is 0. The lowest BCUT2D eigenvalue weighted by Crippen LogP contribution is -1.80. The molecule has 0 aliphatic heterocycles. The summed E-state index contributed by atoms with van der Waals surface area (Å²) in [5, 5.41) is 8.27. The summed E-state index contributed by atoms with van der Waals surface area (Å²) in [5.74, 6) is 0. The molecule has 46 heavy (non-hydrogen) atoms. The van der Waals surface area contributed by atoms with Gasteiger partial charge < -0.3 is 17.7 Å². The summed E-state index contributed by atoms with van der Waals surface area (Å²) in [7, 11) is 0. The van der Waals surface area contributed by atoms with E-state index >= 15 is 0 Å². The van der Waals surface area contributed by atoms with Crippen molar-refractivity contribution in [2.45, 2.75) is 0 Å². The van der Waals surface area contributed by atoms with Crippen molar-refractivity contribution >= 4 is 87.8 Å². The Morgan fingerprint density at radius 1 is 0.283 bits per heavy atom. The highest BCUT2D eigenvalue weighted by atomic mass is 16.3. The highest BCUT2D eigenvalue weighted by Gasteiger charge is 2.24. The molecule has 0 bridgehead atoms. The normalized spacial score (nSPS) is 12.3. The van der Waals surface area contributed by atoms with E-state index in [9.17, 15) is 0 Å². The number of fused-ring (bicyclic) bond motifs is 14. The lowest BCUT2D eigenvalue weighted by Gasteiger charge is -2.04. The van der Waals surface area contributed by atoms with Gasteiger partial charge in [-0.25, -0.2) is 0 Å². The van der Waals surface area contributed by atoms with Crippen LogP contribution in [0.2, 0.25) is 0 Å². The Bertz CT molecular complexity index is 2800. The molecule has 0 unspecified atom stereocenters. The van der Waals surface area contributed by atoms with E-state index in [1.165, 1.54) is 0 Å². The summed E-state index contributed by atoms with van der Waals surface area (Å²) in [6.45, 7) is 0. The summed E-state index contributed by atoms with van der Waals surface area (Å²) in [6, 6.07) is 45.7. The third-order valence-electron chi connectivity index (χ3n) is 9.45.